The molecule has 0 aliphatic carbocycles. The quantitative estimate of drug-likeness (QED) is 0.230. The molecule has 0 unspecified atom stereocenters. The molecule has 0 aliphatic rings. The Morgan fingerprint density at radius 2 is 1.56 bits per heavy atom. The number of non-ortho nitro benzene ring substituents is 1. The van der Waals surface area contributed by atoms with Gasteiger partial charge in [-0.3, -0.25) is 14.9 Å². The van der Waals surface area contributed by atoms with Crippen LogP contribution in [0.1, 0.15) is 32.9 Å². The highest BCUT2D eigenvalue weighted by molar-refractivity contribution is 5.96. The SMILES string of the molecule is Cc1ccccc1C(=O)N/N=C/c1cc(C)n(-c2ccc(-c3ccc([N+](=O)[O-])cc3)cc2)c1C. The van der Waals surface area contributed by atoms with Gasteiger partial charge in [0, 0.05) is 40.3 Å². The highest BCUT2D eigenvalue weighted by atomic mass is 16.6. The number of hydrazone groups is 1. The van der Waals surface area contributed by atoms with E-state index in [4.69, 9.17) is 0 Å². The molecule has 1 aromatic heterocycles. The molecule has 7 nitrogen and oxygen atoms in total. The van der Waals surface area contributed by atoms with Gasteiger partial charge in [0.15, 0.2) is 0 Å². The van der Waals surface area contributed by atoms with Gasteiger partial charge in [0.1, 0.15) is 0 Å². The van der Waals surface area contributed by atoms with Gasteiger partial charge in [-0.15, -0.1) is 0 Å². The summed E-state index contributed by atoms with van der Waals surface area (Å²) < 4.78 is 2.12. The number of hydrogen-bond acceptors (Lipinski definition) is 4. The van der Waals surface area contributed by atoms with Crippen LogP contribution in [-0.2, 0) is 0 Å². The van der Waals surface area contributed by atoms with E-state index >= 15 is 0 Å². The van der Waals surface area contributed by atoms with Crippen molar-refractivity contribution >= 4 is 17.8 Å². The molecule has 0 saturated heterocycles. The number of hydrogen-bond donors (Lipinski definition) is 1. The average molecular weight is 453 g/mol. The number of amides is 1. The zero-order valence-electron chi connectivity index (χ0n) is 19.1. The first-order valence-electron chi connectivity index (χ1n) is 10.8. The lowest BCUT2D eigenvalue weighted by atomic mass is 10.0. The molecule has 170 valence electrons. The second-order valence-electron chi connectivity index (χ2n) is 8.03. The number of benzene rings is 3. The van der Waals surface area contributed by atoms with Crippen molar-refractivity contribution in [1.82, 2.24) is 9.99 Å². The van der Waals surface area contributed by atoms with Crippen LogP contribution in [-0.4, -0.2) is 21.6 Å². The van der Waals surface area contributed by atoms with Crippen molar-refractivity contribution in [2.45, 2.75) is 20.8 Å². The van der Waals surface area contributed by atoms with Crippen LogP contribution in [0, 0.1) is 30.9 Å². The summed E-state index contributed by atoms with van der Waals surface area (Å²) in [7, 11) is 0. The Kier molecular flexibility index (Phi) is 6.36. The number of nitrogens with one attached hydrogen (secondary N) is 1. The number of carbonyl (C=O) groups excluding carboxylic acids is 1. The van der Waals surface area contributed by atoms with Crippen molar-refractivity contribution in [2.24, 2.45) is 5.10 Å². The van der Waals surface area contributed by atoms with E-state index in [9.17, 15) is 14.9 Å². The number of carbonyl (C=O) groups is 1. The third-order valence-corrected chi connectivity index (χ3v) is 5.77. The summed E-state index contributed by atoms with van der Waals surface area (Å²) in [6.07, 6.45) is 1.65. The molecule has 3 aromatic carbocycles. The summed E-state index contributed by atoms with van der Waals surface area (Å²) in [5.74, 6) is -0.245. The Labute approximate surface area is 197 Å². The Bertz CT molecular complexity index is 1380. The lowest BCUT2D eigenvalue weighted by Gasteiger charge is -2.11. The van der Waals surface area contributed by atoms with Crippen molar-refractivity contribution in [2.75, 3.05) is 0 Å². The van der Waals surface area contributed by atoms with Crippen molar-refractivity contribution < 1.29 is 9.72 Å². The van der Waals surface area contributed by atoms with Gasteiger partial charge in [0.25, 0.3) is 11.6 Å². The molecule has 1 N–H and O–H groups in total. The van der Waals surface area contributed by atoms with Crippen LogP contribution < -0.4 is 5.43 Å². The summed E-state index contributed by atoms with van der Waals surface area (Å²) >= 11 is 0. The zero-order valence-corrected chi connectivity index (χ0v) is 19.1. The lowest BCUT2D eigenvalue weighted by molar-refractivity contribution is -0.384. The Morgan fingerprint density at radius 3 is 2.18 bits per heavy atom. The van der Waals surface area contributed by atoms with E-state index in [0.717, 1.165) is 39.3 Å². The summed E-state index contributed by atoms with van der Waals surface area (Å²) in [4.78, 5) is 22.8. The highest BCUT2D eigenvalue weighted by Gasteiger charge is 2.11. The van der Waals surface area contributed by atoms with E-state index in [1.165, 1.54) is 12.1 Å². The maximum absolute atomic E-state index is 12.4. The molecule has 4 rings (SSSR count). The monoisotopic (exact) mass is 452 g/mol. The fraction of sp³-hybridized carbons (Fsp3) is 0.111. The van der Waals surface area contributed by atoms with Gasteiger partial charge in [-0.1, -0.05) is 30.3 Å². The third-order valence-electron chi connectivity index (χ3n) is 5.77. The van der Waals surface area contributed by atoms with Crippen molar-refractivity contribution in [1.29, 1.82) is 0 Å². The van der Waals surface area contributed by atoms with E-state index in [2.05, 4.69) is 15.1 Å². The molecule has 0 bridgehead atoms. The van der Waals surface area contributed by atoms with Gasteiger partial charge in [-0.25, -0.2) is 5.43 Å². The molecule has 0 radical (unpaired) electrons. The topological polar surface area (TPSA) is 89.5 Å². The highest BCUT2D eigenvalue weighted by Crippen LogP contribution is 2.25. The third kappa shape index (κ3) is 4.63. The zero-order chi connectivity index (χ0) is 24.2. The normalized spacial score (nSPS) is 11.0. The molecule has 1 heterocycles. The fourth-order valence-corrected chi connectivity index (χ4v) is 3.94. The molecule has 1 amide bonds. The summed E-state index contributed by atoms with van der Waals surface area (Å²) in [6, 6.07) is 23.9. The number of aryl methyl sites for hydroxylation is 2. The molecule has 0 saturated carbocycles. The van der Waals surface area contributed by atoms with Gasteiger partial charge >= 0.3 is 0 Å². The number of nitro benzene ring substituents is 1. The maximum atomic E-state index is 12.4. The first kappa shape index (κ1) is 22.7. The van der Waals surface area contributed by atoms with Crippen LogP contribution in [0.15, 0.2) is 84.0 Å². The predicted molar refractivity (Wildman–Crippen MR) is 134 cm³/mol. The van der Waals surface area contributed by atoms with E-state index in [-0.39, 0.29) is 11.6 Å². The van der Waals surface area contributed by atoms with Crippen LogP contribution in [0.2, 0.25) is 0 Å². The number of rotatable bonds is 6. The van der Waals surface area contributed by atoms with Crippen LogP contribution in [0.3, 0.4) is 0 Å². The minimum atomic E-state index is -0.403. The summed E-state index contributed by atoms with van der Waals surface area (Å²) in [5.41, 5.74) is 9.97. The largest absolute Gasteiger partial charge is 0.318 e. The average Bonchev–Trinajstić information content (AvgIpc) is 3.12. The second-order valence-corrected chi connectivity index (χ2v) is 8.03. The molecule has 4 aromatic rings. The van der Waals surface area contributed by atoms with Crippen LogP contribution in [0.5, 0.6) is 0 Å². The Morgan fingerprint density at radius 1 is 0.941 bits per heavy atom. The molecule has 0 spiro atoms. The van der Waals surface area contributed by atoms with E-state index < -0.39 is 4.92 Å². The van der Waals surface area contributed by atoms with E-state index in [0.29, 0.717) is 5.56 Å². The second kappa shape index (κ2) is 9.54. The summed E-state index contributed by atoms with van der Waals surface area (Å²) in [6.45, 7) is 5.90. The summed E-state index contributed by atoms with van der Waals surface area (Å²) in [5, 5.41) is 15.0. The van der Waals surface area contributed by atoms with E-state index in [1.54, 1.807) is 24.4 Å². The first-order chi connectivity index (χ1) is 16.3. The molecular formula is C27H24N4O3. The van der Waals surface area contributed by atoms with Crippen LogP contribution in [0.25, 0.3) is 16.8 Å². The van der Waals surface area contributed by atoms with Gasteiger partial charge in [0.05, 0.1) is 11.1 Å². The van der Waals surface area contributed by atoms with Gasteiger partial charge in [0.2, 0.25) is 0 Å². The fourth-order valence-electron chi connectivity index (χ4n) is 3.94. The van der Waals surface area contributed by atoms with Crippen molar-refractivity contribution in [3.63, 3.8) is 0 Å². The molecule has 0 fully saturated rings. The number of nitro groups is 1. The molecule has 7 heteroatoms. The van der Waals surface area contributed by atoms with Crippen molar-refractivity contribution in [3.05, 3.63) is 117 Å². The number of aromatic nitrogens is 1. The van der Waals surface area contributed by atoms with Crippen LogP contribution in [0.4, 0.5) is 5.69 Å². The molecule has 0 aliphatic heterocycles. The van der Waals surface area contributed by atoms with Gasteiger partial charge < -0.3 is 4.57 Å². The molecular weight excluding hydrogens is 428 g/mol. The minimum absolute atomic E-state index is 0.0725. The van der Waals surface area contributed by atoms with Gasteiger partial charge in [-0.05, 0) is 73.9 Å². The van der Waals surface area contributed by atoms with Crippen LogP contribution >= 0.6 is 0 Å². The van der Waals surface area contributed by atoms with Crippen molar-refractivity contribution in [3.8, 4) is 16.8 Å². The smallest absolute Gasteiger partial charge is 0.271 e. The molecule has 0 atom stereocenters. The minimum Gasteiger partial charge on any atom is -0.318 e. The maximum Gasteiger partial charge on any atom is 0.271 e. The lowest BCUT2D eigenvalue weighted by Crippen LogP contribution is -2.18. The Balaban J connectivity index is 1.52. The predicted octanol–water partition coefficient (Wildman–Crippen LogP) is 5.74. The standard InChI is InChI=1S/C27H24N4O3/c1-18-6-4-5-7-26(18)27(32)29-28-17-23-16-19(2)30(20(23)3)24-12-8-21(9-13-24)22-10-14-25(15-11-22)31(33)34/h4-17H,1-3H3,(H,29,32)/b28-17+. The first-order valence-corrected chi connectivity index (χ1v) is 10.8. The Hall–Kier alpha value is -4.52. The van der Waals surface area contributed by atoms with E-state index in [1.807, 2.05) is 69.3 Å². The number of nitrogens with zero attached hydrogens (tertiary/aromatic N) is 3. The molecule has 34 heavy (non-hydrogen) atoms. The van der Waals surface area contributed by atoms with Gasteiger partial charge in [-0.2, -0.15) is 5.10 Å².